The molecule has 4 atom stereocenters. The molecular formula is C25H30O11. The van der Waals surface area contributed by atoms with E-state index in [0.717, 1.165) is 6.08 Å². The summed E-state index contributed by atoms with van der Waals surface area (Å²) in [6.45, 7) is 2.36. The van der Waals surface area contributed by atoms with Gasteiger partial charge in [0.2, 0.25) is 0 Å². The first-order chi connectivity index (χ1) is 17.1. The topological polar surface area (TPSA) is 155 Å². The number of fused-ring (bicyclic) bond motifs is 1. The summed E-state index contributed by atoms with van der Waals surface area (Å²) < 4.78 is 25.7. The quantitative estimate of drug-likeness (QED) is 0.423. The molecule has 2 rings (SSSR count). The number of rotatable bonds is 6. The number of methoxy groups -OCH3 is 2. The Morgan fingerprint density at radius 3 is 2.28 bits per heavy atom. The van der Waals surface area contributed by atoms with Gasteiger partial charge in [-0.3, -0.25) is 4.79 Å². The number of aliphatic hydroxyl groups excluding tert-OH is 2. The second kappa shape index (κ2) is 13.4. The van der Waals surface area contributed by atoms with Gasteiger partial charge < -0.3 is 33.9 Å². The van der Waals surface area contributed by atoms with Gasteiger partial charge in [0.05, 0.1) is 20.3 Å². The standard InChI is InChI=1S/C25H30O11/c1-14-8-9-19(27)24(30)18(26)7-5-6-16-10-17(34-12-21(28)32-3)11-20(35-13-22(29)33-4)23(16)25(31)36-15(14)2/h5-6,8-11,14-15,18,24,26,30H,7,12-13H2,1-4H3/b6-5+,9-8-/t14-,15?,18?,24?/m1/s1. The molecule has 2 N–H and O–H groups in total. The van der Waals surface area contributed by atoms with Crippen LogP contribution in [-0.2, 0) is 28.6 Å². The fraction of sp³-hybridized carbons (Fsp3) is 0.440. The van der Waals surface area contributed by atoms with Gasteiger partial charge in [0, 0.05) is 12.0 Å². The van der Waals surface area contributed by atoms with Crippen molar-refractivity contribution in [2.45, 2.75) is 38.6 Å². The van der Waals surface area contributed by atoms with Crippen LogP contribution in [0.1, 0.15) is 36.2 Å². The minimum Gasteiger partial charge on any atom is -0.482 e. The van der Waals surface area contributed by atoms with Crippen molar-refractivity contribution in [2.75, 3.05) is 27.4 Å². The van der Waals surface area contributed by atoms with Gasteiger partial charge in [-0.1, -0.05) is 25.2 Å². The zero-order valence-electron chi connectivity index (χ0n) is 20.5. The first kappa shape index (κ1) is 28.5. The zero-order valence-corrected chi connectivity index (χ0v) is 20.5. The summed E-state index contributed by atoms with van der Waals surface area (Å²) in [7, 11) is 2.37. The van der Waals surface area contributed by atoms with Crippen molar-refractivity contribution in [3.05, 3.63) is 41.5 Å². The van der Waals surface area contributed by atoms with Crippen molar-refractivity contribution < 1.29 is 53.1 Å². The van der Waals surface area contributed by atoms with Gasteiger partial charge in [-0.15, -0.1) is 0 Å². The van der Waals surface area contributed by atoms with Gasteiger partial charge in [0.1, 0.15) is 29.3 Å². The third-order valence-corrected chi connectivity index (χ3v) is 5.40. The Morgan fingerprint density at radius 1 is 1.00 bits per heavy atom. The van der Waals surface area contributed by atoms with Gasteiger partial charge in [-0.25, -0.2) is 14.4 Å². The Morgan fingerprint density at radius 2 is 1.64 bits per heavy atom. The molecule has 0 saturated carbocycles. The molecule has 196 valence electrons. The van der Waals surface area contributed by atoms with Gasteiger partial charge in [0.15, 0.2) is 19.0 Å². The number of aliphatic hydroxyl groups is 2. The van der Waals surface area contributed by atoms with E-state index in [0.29, 0.717) is 0 Å². The average molecular weight is 507 g/mol. The van der Waals surface area contributed by atoms with Crippen molar-refractivity contribution in [1.82, 2.24) is 0 Å². The zero-order chi connectivity index (χ0) is 26.8. The Kier molecular flexibility index (Phi) is 10.6. The molecule has 0 saturated heterocycles. The lowest BCUT2D eigenvalue weighted by Gasteiger charge is -2.21. The molecular weight excluding hydrogens is 476 g/mol. The van der Waals surface area contributed by atoms with Crippen LogP contribution in [0.2, 0.25) is 0 Å². The maximum Gasteiger partial charge on any atom is 0.343 e. The number of carbonyl (C=O) groups is 4. The molecule has 0 spiro atoms. The molecule has 1 aliphatic rings. The van der Waals surface area contributed by atoms with Crippen LogP contribution in [0.5, 0.6) is 11.5 Å². The highest BCUT2D eigenvalue weighted by atomic mass is 16.6. The lowest BCUT2D eigenvalue weighted by molar-refractivity contribution is -0.143. The Balaban J connectivity index is 2.59. The number of benzene rings is 1. The van der Waals surface area contributed by atoms with Gasteiger partial charge in [-0.2, -0.15) is 0 Å². The Bertz CT molecular complexity index is 1030. The first-order valence-electron chi connectivity index (χ1n) is 11.1. The number of hydrogen-bond acceptors (Lipinski definition) is 11. The number of ether oxygens (including phenoxy) is 5. The summed E-state index contributed by atoms with van der Waals surface area (Å²) in [5, 5.41) is 20.4. The SMILES string of the molecule is COC(=O)COc1cc2c(c(OCC(=O)OC)c1)C(=O)OC(C)[C@H](C)/C=C\C(=O)C(O)C(O)C/C=C/2. The number of cyclic esters (lactones) is 1. The average Bonchev–Trinajstić information content (AvgIpc) is 2.86. The van der Waals surface area contributed by atoms with Gasteiger partial charge in [0.25, 0.3) is 0 Å². The van der Waals surface area contributed by atoms with Crippen LogP contribution < -0.4 is 9.47 Å². The molecule has 1 aliphatic heterocycles. The predicted octanol–water partition coefficient (Wildman–Crippen LogP) is 1.24. The molecule has 0 radical (unpaired) electrons. The summed E-state index contributed by atoms with van der Waals surface area (Å²) in [6, 6.07) is 2.74. The van der Waals surface area contributed by atoms with E-state index in [9.17, 15) is 29.4 Å². The molecule has 0 aliphatic carbocycles. The fourth-order valence-electron chi connectivity index (χ4n) is 3.04. The number of carbonyl (C=O) groups excluding carboxylic acids is 4. The van der Waals surface area contributed by atoms with Gasteiger partial charge >= 0.3 is 17.9 Å². The predicted molar refractivity (Wildman–Crippen MR) is 125 cm³/mol. The van der Waals surface area contributed by atoms with Crippen LogP contribution in [0.25, 0.3) is 6.08 Å². The number of ketones is 1. The summed E-state index contributed by atoms with van der Waals surface area (Å²) in [5.74, 6) is -3.22. The maximum atomic E-state index is 13.2. The summed E-state index contributed by atoms with van der Waals surface area (Å²) in [4.78, 5) is 48.6. The molecule has 3 unspecified atom stereocenters. The van der Waals surface area contributed by atoms with Crippen molar-refractivity contribution in [3.8, 4) is 11.5 Å². The van der Waals surface area contributed by atoms with Crippen LogP contribution in [0, 0.1) is 5.92 Å². The molecule has 0 fully saturated rings. The van der Waals surface area contributed by atoms with Crippen LogP contribution in [0.3, 0.4) is 0 Å². The fourth-order valence-corrected chi connectivity index (χ4v) is 3.04. The van der Waals surface area contributed by atoms with Crippen LogP contribution >= 0.6 is 0 Å². The first-order valence-corrected chi connectivity index (χ1v) is 11.1. The molecule has 1 aromatic rings. The Hall–Kier alpha value is -3.70. The highest BCUT2D eigenvalue weighted by Crippen LogP contribution is 2.32. The minimum absolute atomic E-state index is 0.0493. The third-order valence-electron chi connectivity index (χ3n) is 5.40. The second-order valence-electron chi connectivity index (χ2n) is 8.00. The summed E-state index contributed by atoms with van der Waals surface area (Å²) >= 11 is 0. The monoisotopic (exact) mass is 506 g/mol. The molecule has 1 aromatic carbocycles. The van der Waals surface area contributed by atoms with E-state index in [1.807, 2.05) is 0 Å². The largest absolute Gasteiger partial charge is 0.482 e. The van der Waals surface area contributed by atoms with E-state index in [2.05, 4.69) is 9.47 Å². The van der Waals surface area contributed by atoms with Crippen LogP contribution in [-0.4, -0.2) is 79.6 Å². The lowest BCUT2D eigenvalue weighted by Crippen LogP contribution is -2.32. The summed E-state index contributed by atoms with van der Waals surface area (Å²) in [6.07, 6.45) is 1.59. The molecule has 36 heavy (non-hydrogen) atoms. The molecule has 0 amide bonds. The minimum atomic E-state index is -1.65. The van der Waals surface area contributed by atoms with Gasteiger partial charge in [-0.05, 0) is 31.1 Å². The normalized spacial score (nSPS) is 24.4. The lowest BCUT2D eigenvalue weighted by atomic mass is 9.99. The summed E-state index contributed by atoms with van der Waals surface area (Å²) in [5.41, 5.74) is 0.162. The highest BCUT2D eigenvalue weighted by Gasteiger charge is 2.26. The van der Waals surface area contributed by atoms with E-state index >= 15 is 0 Å². The van der Waals surface area contributed by atoms with Crippen LogP contribution in [0.4, 0.5) is 0 Å². The highest BCUT2D eigenvalue weighted by molar-refractivity contribution is 5.97. The molecule has 1 heterocycles. The third kappa shape index (κ3) is 7.92. The molecule has 0 bridgehead atoms. The van der Waals surface area contributed by atoms with Crippen LogP contribution in [0.15, 0.2) is 30.4 Å². The molecule has 11 nitrogen and oxygen atoms in total. The van der Waals surface area contributed by atoms with Crippen molar-refractivity contribution in [1.29, 1.82) is 0 Å². The van der Waals surface area contributed by atoms with E-state index in [-0.39, 0.29) is 29.0 Å². The van der Waals surface area contributed by atoms with E-state index < -0.39 is 61.1 Å². The van der Waals surface area contributed by atoms with Crippen molar-refractivity contribution >= 4 is 29.8 Å². The van der Waals surface area contributed by atoms with E-state index in [1.165, 1.54) is 44.6 Å². The van der Waals surface area contributed by atoms with Crippen molar-refractivity contribution in [3.63, 3.8) is 0 Å². The van der Waals surface area contributed by atoms with E-state index in [1.54, 1.807) is 13.8 Å². The number of esters is 3. The second-order valence-corrected chi connectivity index (χ2v) is 8.00. The molecule has 11 heteroatoms. The molecule has 0 aromatic heterocycles. The Labute approximate surface area is 208 Å². The van der Waals surface area contributed by atoms with Crippen molar-refractivity contribution in [2.24, 2.45) is 5.92 Å². The maximum absolute atomic E-state index is 13.2. The smallest absolute Gasteiger partial charge is 0.343 e. The van der Waals surface area contributed by atoms with E-state index in [4.69, 9.17) is 14.2 Å². The number of hydrogen-bond donors (Lipinski definition) is 2.